The first-order valence-electron chi connectivity index (χ1n) is 6.34. The van der Waals surface area contributed by atoms with Gasteiger partial charge >= 0.3 is 5.97 Å². The second-order valence-electron chi connectivity index (χ2n) is 5.72. The van der Waals surface area contributed by atoms with Crippen molar-refractivity contribution in [2.24, 2.45) is 5.41 Å². The third-order valence-corrected chi connectivity index (χ3v) is 2.71. The van der Waals surface area contributed by atoms with Gasteiger partial charge in [-0.1, -0.05) is 26.8 Å². The number of methoxy groups -OCH3 is 2. The Morgan fingerprint density at radius 1 is 1.32 bits per heavy atom. The number of ether oxygens (including phenoxy) is 2. The van der Waals surface area contributed by atoms with Crippen LogP contribution in [0.3, 0.4) is 0 Å². The van der Waals surface area contributed by atoms with Crippen LogP contribution in [0.4, 0.5) is 5.69 Å². The Kier molecular flexibility index (Phi) is 5.21. The number of hydrogen-bond acceptors (Lipinski definition) is 4. The molecular weight excluding hydrogens is 242 g/mol. The van der Waals surface area contributed by atoms with Gasteiger partial charge in [0, 0.05) is 11.8 Å². The summed E-state index contributed by atoms with van der Waals surface area (Å²) in [5, 5.41) is 3.21. The van der Waals surface area contributed by atoms with Crippen molar-refractivity contribution >= 4 is 11.7 Å². The number of nitrogens with one attached hydrogen (secondary N) is 1. The molecule has 19 heavy (non-hydrogen) atoms. The highest BCUT2D eigenvalue weighted by Crippen LogP contribution is 2.25. The highest BCUT2D eigenvalue weighted by atomic mass is 16.5. The lowest BCUT2D eigenvalue weighted by molar-refractivity contribution is -0.142. The van der Waals surface area contributed by atoms with Crippen molar-refractivity contribution in [2.45, 2.75) is 33.2 Å². The van der Waals surface area contributed by atoms with E-state index < -0.39 is 0 Å². The minimum atomic E-state index is -0.364. The zero-order chi connectivity index (χ0) is 14.5. The van der Waals surface area contributed by atoms with E-state index in [-0.39, 0.29) is 17.4 Å². The quantitative estimate of drug-likeness (QED) is 0.831. The Balaban J connectivity index is 2.84. The van der Waals surface area contributed by atoms with Crippen LogP contribution in [0.5, 0.6) is 5.75 Å². The topological polar surface area (TPSA) is 47.6 Å². The van der Waals surface area contributed by atoms with Gasteiger partial charge in [-0.3, -0.25) is 0 Å². The predicted molar refractivity (Wildman–Crippen MR) is 76.5 cm³/mol. The van der Waals surface area contributed by atoms with Gasteiger partial charge in [0.25, 0.3) is 0 Å². The van der Waals surface area contributed by atoms with Crippen LogP contribution in [0, 0.1) is 5.41 Å². The average Bonchev–Trinajstić information content (AvgIpc) is 2.35. The van der Waals surface area contributed by atoms with Gasteiger partial charge in [0.15, 0.2) is 0 Å². The Morgan fingerprint density at radius 2 is 2.00 bits per heavy atom. The molecule has 106 valence electrons. The molecule has 0 bridgehead atoms. The van der Waals surface area contributed by atoms with E-state index >= 15 is 0 Å². The van der Waals surface area contributed by atoms with Crippen molar-refractivity contribution < 1.29 is 14.3 Å². The number of benzene rings is 1. The molecule has 0 radical (unpaired) electrons. The molecule has 0 saturated heterocycles. The molecule has 0 saturated carbocycles. The van der Waals surface area contributed by atoms with Crippen LogP contribution in [-0.4, -0.2) is 26.2 Å². The Morgan fingerprint density at radius 3 is 2.53 bits per heavy atom. The standard InChI is InChI=1S/C15H23NO3/c1-15(2,3)10-13(14(17)19-5)16-11-7-6-8-12(9-11)18-4/h6-9,13,16H,10H2,1-5H3. The number of carbonyl (C=O) groups excluding carboxylic acids is 1. The van der Waals surface area contributed by atoms with Crippen molar-refractivity contribution in [1.82, 2.24) is 0 Å². The zero-order valence-electron chi connectivity index (χ0n) is 12.3. The van der Waals surface area contributed by atoms with Crippen LogP contribution in [-0.2, 0) is 9.53 Å². The van der Waals surface area contributed by atoms with Gasteiger partial charge in [-0.05, 0) is 24.0 Å². The molecule has 0 aromatic heterocycles. The van der Waals surface area contributed by atoms with E-state index in [1.165, 1.54) is 7.11 Å². The van der Waals surface area contributed by atoms with Gasteiger partial charge in [-0.15, -0.1) is 0 Å². The maximum absolute atomic E-state index is 11.8. The Bertz CT molecular complexity index is 424. The fourth-order valence-electron chi connectivity index (χ4n) is 1.86. The van der Waals surface area contributed by atoms with Crippen molar-refractivity contribution in [2.75, 3.05) is 19.5 Å². The summed E-state index contributed by atoms with van der Waals surface area (Å²) in [7, 11) is 3.03. The molecule has 0 spiro atoms. The van der Waals surface area contributed by atoms with Gasteiger partial charge < -0.3 is 14.8 Å². The summed E-state index contributed by atoms with van der Waals surface area (Å²) in [6, 6.07) is 7.14. The van der Waals surface area contributed by atoms with E-state index in [0.29, 0.717) is 6.42 Å². The van der Waals surface area contributed by atoms with Crippen molar-refractivity contribution in [3.63, 3.8) is 0 Å². The zero-order valence-corrected chi connectivity index (χ0v) is 12.3. The maximum Gasteiger partial charge on any atom is 0.328 e. The highest BCUT2D eigenvalue weighted by Gasteiger charge is 2.25. The molecule has 1 aromatic rings. The molecule has 0 aliphatic carbocycles. The third kappa shape index (κ3) is 5.20. The van der Waals surface area contributed by atoms with E-state index in [0.717, 1.165) is 11.4 Å². The molecule has 4 heteroatoms. The minimum absolute atomic E-state index is 0.0325. The van der Waals surface area contributed by atoms with Crippen molar-refractivity contribution in [3.05, 3.63) is 24.3 Å². The molecule has 1 aromatic carbocycles. The van der Waals surface area contributed by atoms with Crippen LogP contribution in [0.25, 0.3) is 0 Å². The summed E-state index contributed by atoms with van der Waals surface area (Å²) < 4.78 is 10.0. The van der Waals surface area contributed by atoms with Crippen LogP contribution in [0.1, 0.15) is 27.2 Å². The van der Waals surface area contributed by atoms with E-state index in [4.69, 9.17) is 9.47 Å². The summed E-state index contributed by atoms with van der Waals surface area (Å²) in [4.78, 5) is 11.8. The number of hydrogen-bond donors (Lipinski definition) is 1. The Labute approximate surface area is 115 Å². The minimum Gasteiger partial charge on any atom is -0.497 e. The molecule has 1 unspecified atom stereocenters. The summed E-state index contributed by atoms with van der Waals surface area (Å²) >= 11 is 0. The SMILES string of the molecule is COC(=O)C(CC(C)(C)C)Nc1cccc(OC)c1. The largest absolute Gasteiger partial charge is 0.497 e. The average molecular weight is 265 g/mol. The van der Waals surface area contributed by atoms with E-state index in [1.54, 1.807) is 7.11 Å². The molecule has 1 atom stereocenters. The summed E-state index contributed by atoms with van der Waals surface area (Å²) in [5.41, 5.74) is 0.879. The molecule has 0 aliphatic heterocycles. The van der Waals surface area contributed by atoms with E-state index in [1.807, 2.05) is 24.3 Å². The lowest BCUT2D eigenvalue weighted by atomic mass is 9.88. The van der Waals surface area contributed by atoms with Crippen LogP contribution in [0.2, 0.25) is 0 Å². The lowest BCUT2D eigenvalue weighted by Gasteiger charge is -2.25. The molecular formula is C15H23NO3. The monoisotopic (exact) mass is 265 g/mol. The fourth-order valence-corrected chi connectivity index (χ4v) is 1.86. The van der Waals surface area contributed by atoms with Crippen molar-refractivity contribution in [3.8, 4) is 5.75 Å². The van der Waals surface area contributed by atoms with Gasteiger partial charge in [0.1, 0.15) is 11.8 Å². The molecule has 0 fully saturated rings. The summed E-state index contributed by atoms with van der Waals surface area (Å²) in [5.74, 6) is 0.502. The molecule has 0 aliphatic rings. The van der Waals surface area contributed by atoms with Gasteiger partial charge in [0.05, 0.1) is 14.2 Å². The second-order valence-corrected chi connectivity index (χ2v) is 5.72. The summed E-state index contributed by atoms with van der Waals surface area (Å²) in [6.07, 6.45) is 0.691. The normalized spacial score (nSPS) is 12.7. The van der Waals surface area contributed by atoms with Gasteiger partial charge in [-0.2, -0.15) is 0 Å². The Hall–Kier alpha value is -1.71. The van der Waals surface area contributed by atoms with Crippen LogP contribution in [0.15, 0.2) is 24.3 Å². The highest BCUT2D eigenvalue weighted by molar-refractivity contribution is 5.79. The molecule has 4 nitrogen and oxygen atoms in total. The van der Waals surface area contributed by atoms with E-state index in [9.17, 15) is 4.79 Å². The first-order chi connectivity index (χ1) is 8.85. The lowest BCUT2D eigenvalue weighted by Crippen LogP contribution is -2.34. The van der Waals surface area contributed by atoms with Gasteiger partial charge in [-0.25, -0.2) is 4.79 Å². The molecule has 0 amide bonds. The molecule has 1 N–H and O–H groups in total. The number of carbonyl (C=O) groups is 1. The second kappa shape index (κ2) is 6.45. The first kappa shape index (κ1) is 15.3. The van der Waals surface area contributed by atoms with Crippen LogP contribution < -0.4 is 10.1 Å². The fraction of sp³-hybridized carbons (Fsp3) is 0.533. The third-order valence-electron chi connectivity index (χ3n) is 2.71. The van der Waals surface area contributed by atoms with Gasteiger partial charge in [0.2, 0.25) is 0 Å². The van der Waals surface area contributed by atoms with Crippen LogP contribution >= 0.6 is 0 Å². The molecule has 0 heterocycles. The number of rotatable bonds is 5. The van der Waals surface area contributed by atoms with Crippen molar-refractivity contribution in [1.29, 1.82) is 0 Å². The number of anilines is 1. The first-order valence-corrected chi connectivity index (χ1v) is 6.34. The van der Waals surface area contributed by atoms with E-state index in [2.05, 4.69) is 26.1 Å². The smallest absolute Gasteiger partial charge is 0.328 e. The number of esters is 1. The predicted octanol–water partition coefficient (Wildman–Crippen LogP) is 3.08. The molecule has 1 rings (SSSR count). The maximum atomic E-state index is 11.8. The summed E-state index contributed by atoms with van der Waals surface area (Å²) in [6.45, 7) is 6.28.